The maximum absolute atomic E-state index is 12.1. The number of hydrogen-bond donors (Lipinski definition) is 3. The summed E-state index contributed by atoms with van der Waals surface area (Å²) in [5, 5.41) is 4.70. The van der Waals surface area contributed by atoms with E-state index in [1.165, 1.54) is 11.3 Å². The van der Waals surface area contributed by atoms with E-state index in [2.05, 4.69) is 15.3 Å². The maximum atomic E-state index is 12.1. The average Bonchev–Trinajstić information content (AvgIpc) is 3.26. The van der Waals surface area contributed by atoms with Crippen LogP contribution in [0.3, 0.4) is 0 Å². The Morgan fingerprint density at radius 3 is 2.34 bits per heavy atom. The Kier molecular flexibility index (Phi) is 6.04. The van der Waals surface area contributed by atoms with Gasteiger partial charge in [0.15, 0.2) is 11.7 Å². The van der Waals surface area contributed by atoms with Crippen LogP contribution in [-0.4, -0.2) is 33.4 Å². The van der Waals surface area contributed by atoms with Crippen LogP contribution in [0.1, 0.15) is 10.5 Å². The normalized spacial score (nSPS) is 10.5. The molecule has 0 spiro atoms. The van der Waals surface area contributed by atoms with Crippen LogP contribution in [0, 0.1) is 0 Å². The predicted molar refractivity (Wildman–Crippen MR) is 120 cm³/mol. The number of carbonyl (C=O) groups is 2. The average molecular weight is 448 g/mol. The lowest BCUT2D eigenvalue weighted by atomic mass is 10.0. The monoisotopic (exact) mass is 448 g/mol. The third kappa shape index (κ3) is 5.05. The summed E-state index contributed by atoms with van der Waals surface area (Å²) in [5.74, 6) is -1.60. The molecule has 0 fully saturated rings. The molecule has 2 aromatic carbocycles. The number of benzene rings is 2. The highest BCUT2D eigenvalue weighted by Crippen LogP contribution is 2.27. The van der Waals surface area contributed by atoms with Crippen molar-refractivity contribution in [2.75, 3.05) is 11.9 Å². The molecule has 3 N–H and O–H groups in total. The van der Waals surface area contributed by atoms with Gasteiger partial charge >= 0.3 is 11.7 Å². The fourth-order valence-corrected chi connectivity index (χ4v) is 3.61. The number of anilines is 1. The van der Waals surface area contributed by atoms with E-state index in [9.17, 15) is 19.2 Å². The van der Waals surface area contributed by atoms with Crippen LogP contribution in [0.25, 0.3) is 22.4 Å². The molecule has 0 aliphatic carbocycles. The van der Waals surface area contributed by atoms with Crippen molar-refractivity contribution in [3.05, 3.63) is 92.6 Å². The molecule has 0 aliphatic rings. The van der Waals surface area contributed by atoms with Gasteiger partial charge < -0.3 is 9.72 Å². The van der Waals surface area contributed by atoms with E-state index < -0.39 is 29.7 Å². The van der Waals surface area contributed by atoms with Gasteiger partial charge in [-0.3, -0.25) is 19.9 Å². The fraction of sp³-hybridized carbons (Fsp3) is 0.0455. The number of carbonyl (C=O) groups excluding carboxylic acids is 2. The van der Waals surface area contributed by atoms with Gasteiger partial charge in [0.2, 0.25) is 0 Å². The Morgan fingerprint density at radius 1 is 0.938 bits per heavy atom. The number of hydrogen-bond acceptors (Lipinski definition) is 7. The molecule has 10 heteroatoms. The first-order chi connectivity index (χ1) is 15.5. The van der Waals surface area contributed by atoms with E-state index in [0.29, 0.717) is 10.8 Å². The Balaban J connectivity index is 1.35. The van der Waals surface area contributed by atoms with Gasteiger partial charge in [0.05, 0.1) is 5.69 Å². The number of aromatic amines is 2. The Morgan fingerprint density at radius 2 is 1.62 bits per heavy atom. The lowest BCUT2D eigenvalue weighted by molar-refractivity contribution is -0.119. The van der Waals surface area contributed by atoms with E-state index in [1.807, 2.05) is 59.6 Å². The summed E-state index contributed by atoms with van der Waals surface area (Å²) < 4.78 is 4.82. The molecule has 4 aromatic rings. The quantitative estimate of drug-likeness (QED) is 0.388. The van der Waals surface area contributed by atoms with Gasteiger partial charge in [0.25, 0.3) is 11.5 Å². The molecule has 160 valence electrons. The second kappa shape index (κ2) is 9.23. The second-order valence-corrected chi connectivity index (χ2v) is 7.47. The van der Waals surface area contributed by atoms with Crippen LogP contribution in [0.15, 0.2) is 75.6 Å². The van der Waals surface area contributed by atoms with Crippen molar-refractivity contribution in [3.8, 4) is 22.4 Å². The minimum absolute atomic E-state index is 0.345. The van der Waals surface area contributed by atoms with Gasteiger partial charge in [-0.2, -0.15) is 0 Å². The lowest BCUT2D eigenvalue weighted by Crippen LogP contribution is -2.27. The molecule has 0 saturated heterocycles. The summed E-state index contributed by atoms with van der Waals surface area (Å²) in [6, 6.07) is 18.8. The molecule has 2 heterocycles. The molecule has 4 rings (SSSR count). The third-order valence-corrected chi connectivity index (χ3v) is 5.11. The molecule has 9 nitrogen and oxygen atoms in total. The summed E-state index contributed by atoms with van der Waals surface area (Å²) in [6.07, 6.45) is 0. The smallest absolute Gasteiger partial charge is 0.355 e. The van der Waals surface area contributed by atoms with Crippen LogP contribution in [-0.2, 0) is 9.53 Å². The van der Waals surface area contributed by atoms with Gasteiger partial charge in [-0.1, -0.05) is 54.6 Å². The molecule has 0 radical (unpaired) electrons. The number of amides is 1. The zero-order valence-corrected chi connectivity index (χ0v) is 17.3. The molecular formula is C22H16N4O5S. The first-order valence-electron chi connectivity index (χ1n) is 9.40. The van der Waals surface area contributed by atoms with Crippen LogP contribution in [0.4, 0.5) is 5.13 Å². The van der Waals surface area contributed by atoms with Gasteiger partial charge in [0.1, 0.15) is 5.69 Å². The number of nitrogens with zero attached hydrogens (tertiary/aromatic N) is 1. The highest BCUT2D eigenvalue weighted by Gasteiger charge is 2.14. The Bertz CT molecular complexity index is 1350. The van der Waals surface area contributed by atoms with Gasteiger partial charge in [0, 0.05) is 17.0 Å². The van der Waals surface area contributed by atoms with Crippen LogP contribution in [0.2, 0.25) is 0 Å². The highest BCUT2D eigenvalue weighted by atomic mass is 32.1. The second-order valence-electron chi connectivity index (χ2n) is 6.61. The number of nitrogens with one attached hydrogen (secondary N) is 3. The van der Waals surface area contributed by atoms with Crippen molar-refractivity contribution in [3.63, 3.8) is 0 Å². The molecule has 32 heavy (non-hydrogen) atoms. The molecule has 0 saturated carbocycles. The molecule has 1 amide bonds. The minimum Gasteiger partial charge on any atom is -0.451 e. The predicted octanol–water partition coefficient (Wildman–Crippen LogP) is 2.65. The molecule has 0 bridgehead atoms. The molecule has 2 aromatic heterocycles. The summed E-state index contributed by atoms with van der Waals surface area (Å²) in [7, 11) is 0. The summed E-state index contributed by atoms with van der Waals surface area (Å²) >= 11 is 1.23. The number of H-pyrrole nitrogens is 2. The lowest BCUT2D eigenvalue weighted by Gasteiger charge is -2.04. The maximum Gasteiger partial charge on any atom is 0.355 e. The van der Waals surface area contributed by atoms with Crippen LogP contribution in [0.5, 0.6) is 0 Å². The van der Waals surface area contributed by atoms with E-state index in [4.69, 9.17) is 4.74 Å². The zero-order valence-electron chi connectivity index (χ0n) is 16.5. The standard InChI is InChI=1S/C22H16N4O5S/c27-18-10-16(23-21(30)25-18)20(29)31-11-19(28)26-22-24-17(12-32-22)15-8-6-14(7-9-15)13-4-2-1-3-5-13/h1-10,12H,11H2,(H,24,26,28)(H2,23,25,27,30). The van der Waals surface area contributed by atoms with E-state index >= 15 is 0 Å². The summed E-state index contributed by atoms with van der Waals surface area (Å²) in [6.45, 7) is -0.603. The number of rotatable bonds is 6. The first-order valence-corrected chi connectivity index (χ1v) is 10.3. The van der Waals surface area contributed by atoms with Crippen molar-refractivity contribution >= 4 is 28.3 Å². The Labute approximate surface area is 184 Å². The van der Waals surface area contributed by atoms with Crippen LogP contribution >= 0.6 is 11.3 Å². The number of esters is 1. The summed E-state index contributed by atoms with van der Waals surface area (Å²) in [5.41, 5.74) is 1.85. The van der Waals surface area contributed by atoms with Crippen LogP contribution < -0.4 is 16.6 Å². The molecule has 0 unspecified atom stereocenters. The number of aromatic nitrogens is 3. The molecule has 0 aliphatic heterocycles. The zero-order chi connectivity index (χ0) is 22.5. The SMILES string of the molecule is O=C(COC(=O)c1cc(=O)[nH]c(=O)[nH]1)Nc1nc(-c2ccc(-c3ccccc3)cc2)cs1. The van der Waals surface area contributed by atoms with Crippen molar-refractivity contribution in [1.29, 1.82) is 0 Å². The number of thiazole rings is 1. The molecule has 0 atom stereocenters. The van der Waals surface area contributed by atoms with Crippen molar-refractivity contribution in [2.24, 2.45) is 0 Å². The van der Waals surface area contributed by atoms with Crippen molar-refractivity contribution < 1.29 is 14.3 Å². The highest BCUT2D eigenvalue weighted by molar-refractivity contribution is 7.14. The number of ether oxygens (including phenoxy) is 1. The van der Waals surface area contributed by atoms with Gasteiger partial charge in [-0.15, -0.1) is 11.3 Å². The minimum atomic E-state index is -0.998. The van der Waals surface area contributed by atoms with Crippen molar-refractivity contribution in [1.82, 2.24) is 15.0 Å². The fourth-order valence-electron chi connectivity index (χ4n) is 2.87. The first kappa shape index (κ1) is 20.9. The Hall–Kier alpha value is -4.31. The van der Waals surface area contributed by atoms with Gasteiger partial charge in [-0.25, -0.2) is 14.6 Å². The van der Waals surface area contributed by atoms with Gasteiger partial charge in [-0.05, 0) is 11.1 Å². The van der Waals surface area contributed by atoms with Crippen molar-refractivity contribution in [2.45, 2.75) is 0 Å². The molecular weight excluding hydrogens is 432 g/mol. The summed E-state index contributed by atoms with van der Waals surface area (Å²) in [4.78, 5) is 54.8. The van der Waals surface area contributed by atoms with E-state index in [1.54, 1.807) is 5.38 Å². The third-order valence-electron chi connectivity index (χ3n) is 4.35. The van der Waals surface area contributed by atoms with E-state index in [0.717, 1.165) is 22.8 Å². The van der Waals surface area contributed by atoms with E-state index in [-0.39, 0.29) is 5.69 Å². The largest absolute Gasteiger partial charge is 0.451 e. The topological polar surface area (TPSA) is 134 Å².